The highest BCUT2D eigenvalue weighted by molar-refractivity contribution is 6.31. The maximum atomic E-state index is 12.9. The van der Waals surface area contributed by atoms with Crippen LogP contribution in [0.4, 0.5) is 11.4 Å². The Bertz CT molecular complexity index is 889. The normalized spacial score (nSPS) is 23.2. The Morgan fingerprint density at radius 3 is 2.80 bits per heavy atom. The first-order valence-electron chi connectivity index (χ1n) is 10.7. The average molecular weight is 433 g/mol. The van der Waals surface area contributed by atoms with E-state index in [1.54, 1.807) is 12.1 Å². The zero-order valence-electron chi connectivity index (χ0n) is 17.3. The number of furan rings is 1. The fraction of sp³-hybridized carbons (Fsp3) is 0.522. The number of halogens is 1. The van der Waals surface area contributed by atoms with Crippen LogP contribution in [0.25, 0.3) is 0 Å². The van der Waals surface area contributed by atoms with Gasteiger partial charge in [0.15, 0.2) is 5.76 Å². The summed E-state index contributed by atoms with van der Waals surface area (Å²) in [5.74, 6) is 1.14. The Labute approximate surface area is 182 Å². The summed E-state index contributed by atoms with van der Waals surface area (Å²) in [5.41, 5.74) is 0.902. The van der Waals surface area contributed by atoms with E-state index >= 15 is 0 Å². The monoisotopic (exact) mass is 432 g/mol. The number of benzene rings is 1. The zero-order chi connectivity index (χ0) is 21.1. The van der Waals surface area contributed by atoms with Gasteiger partial charge >= 0.3 is 0 Å². The van der Waals surface area contributed by atoms with Crippen molar-refractivity contribution in [3.63, 3.8) is 0 Å². The molecule has 0 bridgehead atoms. The number of rotatable bonds is 4. The topological polar surface area (TPSA) is 74.9 Å². The Balaban J connectivity index is 1.51. The summed E-state index contributed by atoms with van der Waals surface area (Å²) in [6.45, 7) is 4.86. The van der Waals surface area contributed by atoms with Crippen LogP contribution in [0, 0.1) is 0 Å². The van der Waals surface area contributed by atoms with Crippen LogP contribution in [0.1, 0.15) is 61.3 Å². The maximum Gasteiger partial charge on any atom is 0.291 e. The summed E-state index contributed by atoms with van der Waals surface area (Å²) in [6, 6.07) is 9.13. The van der Waals surface area contributed by atoms with Gasteiger partial charge in [-0.2, -0.15) is 0 Å². The van der Waals surface area contributed by atoms with Crippen LogP contribution < -0.4 is 10.2 Å². The Morgan fingerprint density at radius 2 is 2.00 bits per heavy atom. The molecular weight excluding hydrogens is 404 g/mol. The molecule has 3 heterocycles. The highest BCUT2D eigenvalue weighted by Crippen LogP contribution is 2.33. The van der Waals surface area contributed by atoms with E-state index in [0.29, 0.717) is 35.4 Å². The van der Waals surface area contributed by atoms with Gasteiger partial charge in [-0.05, 0) is 69.4 Å². The first-order chi connectivity index (χ1) is 14.4. The molecule has 2 saturated heterocycles. The molecular formula is C23H29ClN2O4. The molecule has 7 heteroatoms. The van der Waals surface area contributed by atoms with Crippen LogP contribution in [0.15, 0.2) is 34.7 Å². The largest absolute Gasteiger partial charge is 0.456 e. The van der Waals surface area contributed by atoms with Gasteiger partial charge < -0.3 is 24.5 Å². The number of hydrogen-bond acceptors (Lipinski definition) is 5. The van der Waals surface area contributed by atoms with Gasteiger partial charge in [-0.3, -0.25) is 4.79 Å². The average Bonchev–Trinajstić information content (AvgIpc) is 3.15. The van der Waals surface area contributed by atoms with Gasteiger partial charge in [0.25, 0.3) is 5.91 Å². The summed E-state index contributed by atoms with van der Waals surface area (Å²) in [7, 11) is 0. The Kier molecular flexibility index (Phi) is 6.37. The molecule has 1 aromatic heterocycles. The van der Waals surface area contributed by atoms with Crippen molar-refractivity contribution < 1.29 is 19.1 Å². The molecule has 2 N–H and O–H groups in total. The SMILES string of the molecule is C[C@]1(O)CCCN(c2ccc(Cl)cc2NC(=O)c2ccc(C3CCOCC3)o2)CC1. The molecule has 30 heavy (non-hydrogen) atoms. The molecule has 4 rings (SSSR count). The van der Waals surface area contributed by atoms with E-state index in [0.717, 1.165) is 56.9 Å². The maximum absolute atomic E-state index is 12.9. The highest BCUT2D eigenvalue weighted by Gasteiger charge is 2.27. The van der Waals surface area contributed by atoms with Gasteiger partial charge in [-0.1, -0.05) is 11.6 Å². The van der Waals surface area contributed by atoms with Crippen LogP contribution in [0.3, 0.4) is 0 Å². The molecule has 0 unspecified atom stereocenters. The fourth-order valence-corrected chi connectivity index (χ4v) is 4.42. The number of nitrogens with zero attached hydrogens (tertiary/aromatic N) is 1. The van der Waals surface area contributed by atoms with Gasteiger partial charge in [0.05, 0.1) is 17.0 Å². The molecule has 1 amide bonds. The van der Waals surface area contributed by atoms with Crippen molar-refractivity contribution in [2.24, 2.45) is 0 Å². The molecule has 6 nitrogen and oxygen atoms in total. The minimum atomic E-state index is -0.653. The van der Waals surface area contributed by atoms with E-state index in [9.17, 15) is 9.90 Å². The van der Waals surface area contributed by atoms with Crippen LogP contribution >= 0.6 is 11.6 Å². The Morgan fingerprint density at radius 1 is 1.20 bits per heavy atom. The van der Waals surface area contributed by atoms with Gasteiger partial charge in [0.2, 0.25) is 0 Å². The fourth-order valence-electron chi connectivity index (χ4n) is 4.25. The smallest absolute Gasteiger partial charge is 0.291 e. The quantitative estimate of drug-likeness (QED) is 0.724. The first-order valence-corrected chi connectivity index (χ1v) is 11.0. The molecule has 0 radical (unpaired) electrons. The van der Waals surface area contributed by atoms with Crippen molar-refractivity contribution in [3.05, 3.63) is 46.9 Å². The van der Waals surface area contributed by atoms with Crippen molar-refractivity contribution in [3.8, 4) is 0 Å². The van der Waals surface area contributed by atoms with Crippen molar-refractivity contribution in [2.45, 2.75) is 50.5 Å². The lowest BCUT2D eigenvalue weighted by Gasteiger charge is -2.26. The van der Waals surface area contributed by atoms with E-state index in [-0.39, 0.29) is 5.91 Å². The minimum Gasteiger partial charge on any atom is -0.456 e. The molecule has 2 fully saturated rings. The third-order valence-electron chi connectivity index (χ3n) is 6.09. The lowest BCUT2D eigenvalue weighted by atomic mass is 9.98. The summed E-state index contributed by atoms with van der Waals surface area (Å²) >= 11 is 6.22. The lowest BCUT2D eigenvalue weighted by molar-refractivity contribution is 0.0481. The molecule has 0 spiro atoms. The second-order valence-corrected chi connectivity index (χ2v) is 8.98. The Hall–Kier alpha value is -2.02. The number of ether oxygens (including phenoxy) is 1. The van der Waals surface area contributed by atoms with Crippen molar-refractivity contribution in [2.75, 3.05) is 36.5 Å². The van der Waals surface area contributed by atoms with E-state index in [1.165, 1.54) is 0 Å². The second-order valence-electron chi connectivity index (χ2n) is 8.54. The van der Waals surface area contributed by atoms with Gasteiger partial charge in [0, 0.05) is 37.2 Å². The van der Waals surface area contributed by atoms with E-state index in [1.807, 2.05) is 25.1 Å². The van der Waals surface area contributed by atoms with Crippen molar-refractivity contribution in [1.29, 1.82) is 0 Å². The molecule has 2 aliphatic heterocycles. The molecule has 162 valence electrons. The van der Waals surface area contributed by atoms with Gasteiger partial charge in [0.1, 0.15) is 5.76 Å². The minimum absolute atomic E-state index is 0.293. The predicted octanol–water partition coefficient (Wildman–Crippen LogP) is 4.82. The summed E-state index contributed by atoms with van der Waals surface area (Å²) < 4.78 is 11.3. The van der Waals surface area contributed by atoms with E-state index < -0.39 is 5.60 Å². The molecule has 0 aliphatic carbocycles. The van der Waals surface area contributed by atoms with Gasteiger partial charge in [-0.15, -0.1) is 0 Å². The highest BCUT2D eigenvalue weighted by atomic mass is 35.5. The van der Waals surface area contributed by atoms with Crippen molar-refractivity contribution in [1.82, 2.24) is 0 Å². The lowest BCUT2D eigenvalue weighted by Crippen LogP contribution is -2.29. The summed E-state index contributed by atoms with van der Waals surface area (Å²) in [4.78, 5) is 15.1. The molecule has 1 atom stereocenters. The number of nitrogens with one attached hydrogen (secondary N) is 1. The van der Waals surface area contributed by atoms with Crippen LogP contribution in [-0.4, -0.2) is 42.9 Å². The summed E-state index contributed by atoms with van der Waals surface area (Å²) in [6.07, 6.45) is 4.14. The van der Waals surface area contributed by atoms with E-state index in [2.05, 4.69) is 10.2 Å². The van der Waals surface area contributed by atoms with Gasteiger partial charge in [-0.25, -0.2) is 0 Å². The standard InChI is InChI=1S/C23H29ClN2O4/c1-23(28)9-2-11-26(12-10-23)19-4-3-17(24)15-18(19)25-22(27)21-6-5-20(30-21)16-7-13-29-14-8-16/h3-6,15-16,28H,2,7-14H2,1H3,(H,25,27)/t23-/m0/s1. The second kappa shape index (κ2) is 9.00. The third-order valence-corrected chi connectivity index (χ3v) is 6.32. The molecule has 2 aliphatic rings. The summed E-state index contributed by atoms with van der Waals surface area (Å²) in [5, 5.41) is 13.9. The third kappa shape index (κ3) is 4.99. The molecule has 2 aromatic rings. The van der Waals surface area contributed by atoms with Crippen LogP contribution in [0.2, 0.25) is 5.02 Å². The number of carbonyl (C=O) groups excluding carboxylic acids is 1. The first kappa shape index (κ1) is 21.2. The zero-order valence-corrected chi connectivity index (χ0v) is 18.1. The number of carbonyl (C=O) groups is 1. The van der Waals surface area contributed by atoms with E-state index in [4.69, 9.17) is 20.8 Å². The number of hydrogen-bond donors (Lipinski definition) is 2. The number of amides is 1. The van der Waals surface area contributed by atoms with Crippen molar-refractivity contribution >= 4 is 28.9 Å². The number of anilines is 2. The number of aliphatic hydroxyl groups is 1. The van der Waals surface area contributed by atoms with Crippen LogP contribution in [0.5, 0.6) is 0 Å². The predicted molar refractivity (Wildman–Crippen MR) is 118 cm³/mol. The molecule has 1 aromatic carbocycles. The molecule has 0 saturated carbocycles. The van der Waals surface area contributed by atoms with Crippen LogP contribution in [-0.2, 0) is 4.74 Å².